The third kappa shape index (κ3) is 3.84. The molecule has 0 aromatic heterocycles. The second-order valence-electron chi connectivity index (χ2n) is 12.0. The summed E-state index contributed by atoms with van der Waals surface area (Å²) in [6.07, 6.45) is 12.4. The van der Waals surface area contributed by atoms with Crippen LogP contribution in [0.1, 0.15) is 78.6 Å². The van der Waals surface area contributed by atoms with E-state index < -0.39 is 5.60 Å². The number of carbonyl (C=O) groups is 1. The Bertz CT molecular complexity index is 863. The summed E-state index contributed by atoms with van der Waals surface area (Å²) in [4.78, 5) is 14.6. The Kier molecular flexibility index (Phi) is 6.39. The maximum absolute atomic E-state index is 12.9. The Morgan fingerprint density at radius 3 is 2.68 bits per heavy atom. The van der Waals surface area contributed by atoms with E-state index in [1.165, 1.54) is 11.1 Å². The number of amides is 1. The summed E-state index contributed by atoms with van der Waals surface area (Å²) in [6.45, 7) is 8.34. The number of carbonyl (C=O) groups excluding carboxylic acids is 1. The lowest BCUT2D eigenvalue weighted by Crippen LogP contribution is -2.57. The molecule has 0 bridgehead atoms. The van der Waals surface area contributed by atoms with Crippen molar-refractivity contribution in [2.75, 3.05) is 26.3 Å². The van der Waals surface area contributed by atoms with E-state index in [1.54, 1.807) is 4.90 Å². The summed E-state index contributed by atoms with van der Waals surface area (Å²) in [7, 11) is 0. The van der Waals surface area contributed by atoms with E-state index in [4.69, 9.17) is 9.47 Å². The number of ether oxygens (including phenoxy) is 2. The first-order valence-corrected chi connectivity index (χ1v) is 13.5. The number of hydrogen-bond donors (Lipinski definition) is 2. The van der Waals surface area contributed by atoms with Crippen molar-refractivity contribution in [3.05, 3.63) is 23.3 Å². The van der Waals surface area contributed by atoms with E-state index in [2.05, 4.69) is 26.0 Å². The Morgan fingerprint density at radius 2 is 1.94 bits per heavy atom. The van der Waals surface area contributed by atoms with Crippen molar-refractivity contribution in [3.8, 4) is 0 Å². The van der Waals surface area contributed by atoms with Crippen LogP contribution in [0.5, 0.6) is 0 Å². The molecule has 190 valence electrons. The predicted octanol–water partition coefficient (Wildman–Crippen LogP) is 4.60. The van der Waals surface area contributed by atoms with Crippen LogP contribution in [0, 0.1) is 22.7 Å². The van der Waals surface area contributed by atoms with Gasteiger partial charge in [-0.1, -0.05) is 37.1 Å². The van der Waals surface area contributed by atoms with Crippen molar-refractivity contribution in [3.63, 3.8) is 0 Å². The molecule has 1 saturated heterocycles. The molecule has 0 radical (unpaired) electrons. The van der Waals surface area contributed by atoms with E-state index in [1.807, 2.05) is 6.92 Å². The maximum Gasteiger partial charge on any atom is 0.409 e. The van der Waals surface area contributed by atoms with Gasteiger partial charge in [-0.3, -0.25) is 0 Å². The molecule has 1 aliphatic heterocycles. The van der Waals surface area contributed by atoms with E-state index in [0.29, 0.717) is 38.0 Å². The zero-order valence-corrected chi connectivity index (χ0v) is 21.2. The lowest BCUT2D eigenvalue weighted by Gasteiger charge is -2.56. The molecule has 1 heterocycles. The second-order valence-corrected chi connectivity index (χ2v) is 12.0. The molecule has 5 rings (SSSR count). The topological polar surface area (TPSA) is 79.2 Å². The summed E-state index contributed by atoms with van der Waals surface area (Å²) in [5.41, 5.74) is 1.81. The van der Waals surface area contributed by atoms with Gasteiger partial charge in [-0.15, -0.1) is 0 Å². The van der Waals surface area contributed by atoms with Crippen LogP contribution in [0.15, 0.2) is 23.3 Å². The molecule has 0 aromatic carbocycles. The molecular formula is C28H43NO5. The first kappa shape index (κ1) is 24.3. The monoisotopic (exact) mass is 473 g/mol. The number of aliphatic hydroxyl groups is 2. The van der Waals surface area contributed by atoms with Crippen LogP contribution in [0.4, 0.5) is 4.79 Å². The zero-order chi connectivity index (χ0) is 24.1. The number of nitrogens with zero attached hydrogens (tertiary/aromatic N) is 1. The van der Waals surface area contributed by atoms with E-state index in [0.717, 1.165) is 58.0 Å². The average Bonchev–Trinajstić information content (AvgIpc) is 3.40. The van der Waals surface area contributed by atoms with Crippen molar-refractivity contribution >= 4 is 6.09 Å². The summed E-state index contributed by atoms with van der Waals surface area (Å²) in [6, 6.07) is 0. The Morgan fingerprint density at radius 1 is 1.15 bits per heavy atom. The normalized spacial score (nSPS) is 43.3. The van der Waals surface area contributed by atoms with Crippen LogP contribution >= 0.6 is 0 Å². The second kappa shape index (κ2) is 8.94. The SMILES string of the molecule is CCOC(=O)N(C[C@H]1CCCO1)C[C@]1(O)CC[C@H]2C3=CC=C4C[C@@H](O)CC[C@]4(C)[C@H]3CC[C@@]21C. The van der Waals surface area contributed by atoms with Crippen LogP contribution in [0.25, 0.3) is 0 Å². The summed E-state index contributed by atoms with van der Waals surface area (Å²) in [5, 5.41) is 22.4. The molecule has 1 amide bonds. The highest BCUT2D eigenvalue weighted by Crippen LogP contribution is 2.66. The Labute approximate surface area is 204 Å². The van der Waals surface area contributed by atoms with Gasteiger partial charge in [-0.05, 0) is 82.0 Å². The molecule has 6 nitrogen and oxygen atoms in total. The zero-order valence-electron chi connectivity index (χ0n) is 21.2. The fraction of sp³-hybridized carbons (Fsp3) is 0.821. The average molecular weight is 474 g/mol. The minimum atomic E-state index is -0.942. The molecule has 4 fully saturated rings. The highest BCUT2D eigenvalue weighted by atomic mass is 16.6. The van der Waals surface area contributed by atoms with Crippen LogP contribution in [-0.2, 0) is 9.47 Å². The van der Waals surface area contributed by atoms with Crippen molar-refractivity contribution in [2.24, 2.45) is 22.7 Å². The van der Waals surface area contributed by atoms with Gasteiger partial charge in [0.25, 0.3) is 0 Å². The maximum atomic E-state index is 12.9. The highest BCUT2D eigenvalue weighted by Gasteiger charge is 2.62. The third-order valence-electron chi connectivity index (χ3n) is 10.3. The third-order valence-corrected chi connectivity index (χ3v) is 10.3. The molecule has 5 aliphatic rings. The molecule has 7 atom stereocenters. The van der Waals surface area contributed by atoms with Gasteiger partial charge in [0.2, 0.25) is 0 Å². The quantitative estimate of drug-likeness (QED) is 0.610. The number of aliphatic hydroxyl groups excluding tert-OH is 1. The molecule has 4 aliphatic carbocycles. The fourth-order valence-corrected chi connectivity index (χ4v) is 8.12. The smallest absolute Gasteiger partial charge is 0.409 e. The predicted molar refractivity (Wildman–Crippen MR) is 130 cm³/mol. The molecule has 6 heteroatoms. The molecule has 3 saturated carbocycles. The minimum absolute atomic E-state index is 0.0277. The Balaban J connectivity index is 1.39. The lowest BCUT2D eigenvalue weighted by atomic mass is 9.50. The van der Waals surface area contributed by atoms with Gasteiger partial charge >= 0.3 is 6.09 Å². The van der Waals surface area contributed by atoms with E-state index in [-0.39, 0.29) is 29.1 Å². The van der Waals surface area contributed by atoms with E-state index in [9.17, 15) is 15.0 Å². The van der Waals surface area contributed by atoms with Gasteiger partial charge in [0.15, 0.2) is 0 Å². The first-order valence-electron chi connectivity index (χ1n) is 13.5. The van der Waals surface area contributed by atoms with Gasteiger partial charge in [0.05, 0.1) is 37.5 Å². The standard InChI is InChI=1S/C28H43NO5/c1-4-33-25(31)29(17-21-6-5-15-34-21)18-28(32)14-11-24-22-8-7-19-16-20(30)9-12-26(19,2)23(22)10-13-27(24,28)3/h7-8,20-21,23-24,30,32H,4-6,9-18H2,1-3H3/t20-,21+,23-,24-,26-,27-,28+/m0/s1. The number of fused-ring (bicyclic) bond motifs is 5. The first-order chi connectivity index (χ1) is 16.2. The largest absolute Gasteiger partial charge is 0.450 e. The molecule has 0 aromatic rings. The van der Waals surface area contributed by atoms with Crippen LogP contribution in [0.3, 0.4) is 0 Å². The lowest BCUT2D eigenvalue weighted by molar-refractivity contribution is -0.102. The molecule has 34 heavy (non-hydrogen) atoms. The van der Waals surface area contributed by atoms with Crippen LogP contribution in [-0.4, -0.2) is 65.3 Å². The van der Waals surface area contributed by atoms with Crippen molar-refractivity contribution in [2.45, 2.75) is 96.4 Å². The van der Waals surface area contributed by atoms with Crippen LogP contribution < -0.4 is 0 Å². The minimum Gasteiger partial charge on any atom is -0.450 e. The van der Waals surface area contributed by atoms with Crippen molar-refractivity contribution < 1.29 is 24.5 Å². The summed E-state index contributed by atoms with van der Waals surface area (Å²) in [5.74, 6) is 0.818. The number of hydrogen-bond acceptors (Lipinski definition) is 5. The number of allylic oxidation sites excluding steroid dienone is 3. The molecule has 0 unspecified atom stereocenters. The summed E-state index contributed by atoms with van der Waals surface area (Å²) >= 11 is 0. The Hall–Kier alpha value is -1.37. The molecular weight excluding hydrogens is 430 g/mol. The van der Waals surface area contributed by atoms with Gasteiger partial charge in [0, 0.05) is 12.0 Å². The van der Waals surface area contributed by atoms with Gasteiger partial charge in [0.1, 0.15) is 0 Å². The molecule has 0 spiro atoms. The van der Waals surface area contributed by atoms with Crippen LogP contribution in [0.2, 0.25) is 0 Å². The fourth-order valence-electron chi connectivity index (χ4n) is 8.12. The van der Waals surface area contributed by atoms with Gasteiger partial charge < -0.3 is 24.6 Å². The highest BCUT2D eigenvalue weighted by molar-refractivity contribution is 5.67. The molecule has 2 N–H and O–H groups in total. The number of rotatable bonds is 5. The summed E-state index contributed by atoms with van der Waals surface area (Å²) < 4.78 is 11.2. The van der Waals surface area contributed by atoms with Crippen molar-refractivity contribution in [1.82, 2.24) is 4.90 Å². The van der Waals surface area contributed by atoms with Gasteiger partial charge in [-0.25, -0.2) is 4.79 Å². The van der Waals surface area contributed by atoms with Gasteiger partial charge in [-0.2, -0.15) is 0 Å². The van der Waals surface area contributed by atoms with Crippen molar-refractivity contribution in [1.29, 1.82) is 0 Å². The van der Waals surface area contributed by atoms with E-state index >= 15 is 0 Å².